The van der Waals surface area contributed by atoms with Crippen LogP contribution in [0.2, 0.25) is 5.02 Å². The maximum Gasteiger partial charge on any atom is 0.319 e. The molecule has 0 aromatic heterocycles. The number of carbonyl (C=O) groups excluding carboxylic acids is 1. The van der Waals surface area contributed by atoms with E-state index < -0.39 is 0 Å². The van der Waals surface area contributed by atoms with Crippen LogP contribution in [0.15, 0.2) is 54.6 Å². The molecule has 0 atom stereocenters. The smallest absolute Gasteiger partial charge is 0.319 e. The van der Waals surface area contributed by atoms with Crippen LogP contribution in [0, 0.1) is 0 Å². The molecule has 0 aliphatic rings. The van der Waals surface area contributed by atoms with Gasteiger partial charge in [-0.1, -0.05) is 41.9 Å². The Kier molecular flexibility index (Phi) is 7.43. The van der Waals surface area contributed by atoms with Gasteiger partial charge in [0, 0.05) is 17.3 Å². The van der Waals surface area contributed by atoms with Crippen molar-refractivity contribution in [2.24, 2.45) is 0 Å². The molecule has 0 bridgehead atoms. The summed E-state index contributed by atoms with van der Waals surface area (Å²) in [7, 11) is 0. The molecule has 2 aromatic rings. The third-order valence-corrected chi connectivity index (χ3v) is 3.60. The van der Waals surface area contributed by atoms with Crippen molar-refractivity contribution in [3.05, 3.63) is 65.2 Å². The molecule has 0 saturated carbocycles. The van der Waals surface area contributed by atoms with E-state index >= 15 is 0 Å². The zero-order chi connectivity index (χ0) is 16.3. The Bertz CT molecular complexity index is 587. The highest BCUT2D eigenvalue weighted by atomic mass is 35.5. The van der Waals surface area contributed by atoms with Crippen molar-refractivity contribution in [3.63, 3.8) is 0 Å². The number of halogens is 1. The summed E-state index contributed by atoms with van der Waals surface area (Å²) < 4.78 is 0. The zero-order valence-corrected chi connectivity index (χ0v) is 13.8. The number of urea groups is 1. The van der Waals surface area contributed by atoms with Crippen LogP contribution in [0.4, 0.5) is 10.5 Å². The van der Waals surface area contributed by atoms with Crippen molar-refractivity contribution in [3.8, 4) is 0 Å². The summed E-state index contributed by atoms with van der Waals surface area (Å²) in [4.78, 5) is 11.7. The van der Waals surface area contributed by atoms with Gasteiger partial charge in [-0.05, 0) is 55.8 Å². The number of carbonyl (C=O) groups is 1. The molecule has 0 aliphatic carbocycles. The minimum atomic E-state index is -0.169. The number of para-hydroxylation sites is 1. The molecule has 0 fully saturated rings. The molecule has 2 amide bonds. The van der Waals surface area contributed by atoms with Crippen molar-refractivity contribution in [2.75, 3.05) is 25.0 Å². The van der Waals surface area contributed by atoms with Gasteiger partial charge < -0.3 is 16.0 Å². The molecular weight excluding hydrogens is 310 g/mol. The minimum Gasteiger partial charge on any atom is -0.338 e. The lowest BCUT2D eigenvalue weighted by Crippen LogP contribution is -2.31. The lowest BCUT2D eigenvalue weighted by Gasteiger charge is -2.08. The highest BCUT2D eigenvalue weighted by Gasteiger charge is 1.99. The van der Waals surface area contributed by atoms with E-state index in [4.69, 9.17) is 11.6 Å². The summed E-state index contributed by atoms with van der Waals surface area (Å²) in [5.41, 5.74) is 2.06. The number of amides is 2. The molecule has 4 nitrogen and oxygen atoms in total. The fraction of sp³-hybridized carbons (Fsp3) is 0.278. The molecule has 0 heterocycles. The molecule has 3 N–H and O–H groups in total. The van der Waals surface area contributed by atoms with Crippen LogP contribution in [0.5, 0.6) is 0 Å². The molecular formula is C18H22ClN3O. The highest BCUT2D eigenvalue weighted by molar-refractivity contribution is 6.30. The fourth-order valence-electron chi connectivity index (χ4n) is 2.12. The van der Waals surface area contributed by atoms with Gasteiger partial charge in [0.25, 0.3) is 0 Å². The van der Waals surface area contributed by atoms with Crippen molar-refractivity contribution in [2.45, 2.75) is 12.8 Å². The Hall–Kier alpha value is -2.04. The van der Waals surface area contributed by atoms with Gasteiger partial charge in [-0.3, -0.25) is 0 Å². The van der Waals surface area contributed by atoms with Gasteiger partial charge in [-0.15, -0.1) is 0 Å². The molecule has 23 heavy (non-hydrogen) atoms. The van der Waals surface area contributed by atoms with Gasteiger partial charge in [0.15, 0.2) is 0 Å². The predicted octanol–water partition coefficient (Wildman–Crippen LogP) is 3.68. The fourth-order valence-corrected chi connectivity index (χ4v) is 2.25. The Morgan fingerprint density at radius 3 is 2.39 bits per heavy atom. The number of anilines is 1. The van der Waals surface area contributed by atoms with Crippen LogP contribution in [-0.2, 0) is 6.42 Å². The van der Waals surface area contributed by atoms with Crippen LogP contribution < -0.4 is 16.0 Å². The van der Waals surface area contributed by atoms with Gasteiger partial charge in [0.2, 0.25) is 0 Å². The molecule has 2 aromatic carbocycles. The third-order valence-electron chi connectivity index (χ3n) is 3.35. The first-order valence-electron chi connectivity index (χ1n) is 7.79. The molecule has 2 rings (SSSR count). The van der Waals surface area contributed by atoms with E-state index in [9.17, 15) is 4.79 Å². The van der Waals surface area contributed by atoms with E-state index in [2.05, 4.69) is 16.0 Å². The van der Waals surface area contributed by atoms with Crippen LogP contribution in [0.1, 0.15) is 12.0 Å². The van der Waals surface area contributed by atoms with E-state index in [1.165, 1.54) is 5.56 Å². The Balaban J connectivity index is 1.49. The average Bonchev–Trinajstić information content (AvgIpc) is 2.56. The predicted molar refractivity (Wildman–Crippen MR) is 96.1 cm³/mol. The van der Waals surface area contributed by atoms with Crippen molar-refractivity contribution in [1.29, 1.82) is 0 Å². The minimum absolute atomic E-state index is 0.169. The molecule has 0 aliphatic heterocycles. The maximum atomic E-state index is 11.7. The molecule has 0 unspecified atom stereocenters. The Labute approximate surface area is 142 Å². The zero-order valence-electron chi connectivity index (χ0n) is 13.0. The summed E-state index contributed by atoms with van der Waals surface area (Å²) in [6, 6.07) is 17.1. The topological polar surface area (TPSA) is 53.2 Å². The molecule has 5 heteroatoms. The van der Waals surface area contributed by atoms with Crippen LogP contribution in [0.25, 0.3) is 0 Å². The SMILES string of the molecule is O=C(NCCCNCCc1ccc(Cl)cc1)Nc1ccccc1. The van der Waals surface area contributed by atoms with E-state index in [1.54, 1.807) is 0 Å². The lowest BCUT2D eigenvalue weighted by molar-refractivity contribution is 0.252. The highest BCUT2D eigenvalue weighted by Crippen LogP contribution is 2.09. The number of nitrogens with one attached hydrogen (secondary N) is 3. The summed E-state index contributed by atoms with van der Waals surface area (Å²) in [6.07, 6.45) is 1.86. The van der Waals surface area contributed by atoms with Crippen molar-refractivity contribution in [1.82, 2.24) is 10.6 Å². The van der Waals surface area contributed by atoms with Crippen molar-refractivity contribution >= 4 is 23.3 Å². The summed E-state index contributed by atoms with van der Waals surface area (Å²) in [5, 5.41) is 9.76. The van der Waals surface area contributed by atoms with Gasteiger partial charge in [0.05, 0.1) is 0 Å². The van der Waals surface area contributed by atoms with Gasteiger partial charge in [-0.25, -0.2) is 4.79 Å². The van der Waals surface area contributed by atoms with Crippen molar-refractivity contribution < 1.29 is 4.79 Å². The van der Waals surface area contributed by atoms with E-state index in [1.807, 2.05) is 54.6 Å². The first-order valence-corrected chi connectivity index (χ1v) is 8.17. The van der Waals surface area contributed by atoms with Crippen LogP contribution in [0.3, 0.4) is 0 Å². The monoisotopic (exact) mass is 331 g/mol. The summed E-state index contributed by atoms with van der Waals surface area (Å²) in [5.74, 6) is 0. The third kappa shape index (κ3) is 7.17. The lowest BCUT2D eigenvalue weighted by atomic mass is 10.1. The number of hydrogen-bond acceptors (Lipinski definition) is 2. The quantitative estimate of drug-likeness (QED) is 0.646. The second-order valence-corrected chi connectivity index (χ2v) is 5.66. The molecule has 0 saturated heterocycles. The van der Waals surface area contributed by atoms with E-state index in [0.29, 0.717) is 6.54 Å². The average molecular weight is 332 g/mol. The van der Waals surface area contributed by atoms with Crippen LogP contribution >= 0.6 is 11.6 Å². The second kappa shape index (κ2) is 9.87. The molecule has 0 radical (unpaired) electrons. The first-order chi connectivity index (χ1) is 11.2. The largest absolute Gasteiger partial charge is 0.338 e. The molecule has 122 valence electrons. The Morgan fingerprint density at radius 1 is 0.913 bits per heavy atom. The van der Waals surface area contributed by atoms with E-state index in [-0.39, 0.29) is 6.03 Å². The Morgan fingerprint density at radius 2 is 1.65 bits per heavy atom. The number of hydrogen-bond donors (Lipinski definition) is 3. The van der Waals surface area contributed by atoms with Crippen LogP contribution in [-0.4, -0.2) is 25.7 Å². The number of rotatable bonds is 8. The summed E-state index contributed by atoms with van der Waals surface area (Å²) in [6.45, 7) is 2.43. The van der Waals surface area contributed by atoms with Gasteiger partial charge in [-0.2, -0.15) is 0 Å². The first kappa shape index (κ1) is 17.3. The van der Waals surface area contributed by atoms with E-state index in [0.717, 1.165) is 36.6 Å². The van der Waals surface area contributed by atoms with Gasteiger partial charge in [0.1, 0.15) is 0 Å². The van der Waals surface area contributed by atoms with Gasteiger partial charge >= 0.3 is 6.03 Å². The molecule has 0 spiro atoms. The standard InChI is InChI=1S/C18H22ClN3O/c19-16-9-7-15(8-10-16)11-14-20-12-4-13-21-18(23)22-17-5-2-1-3-6-17/h1-3,5-10,20H,4,11-14H2,(H2,21,22,23). The summed E-state index contributed by atoms with van der Waals surface area (Å²) >= 11 is 5.85. The second-order valence-electron chi connectivity index (χ2n) is 5.23. The normalized spacial score (nSPS) is 10.3. The maximum absolute atomic E-state index is 11.7. The number of benzene rings is 2.